The monoisotopic (exact) mass is 323 g/mol. The summed E-state index contributed by atoms with van der Waals surface area (Å²) < 4.78 is 22.4. The summed E-state index contributed by atoms with van der Waals surface area (Å²) in [6.07, 6.45) is 4.00. The minimum atomic E-state index is -3.39. The first-order valence-corrected chi connectivity index (χ1v) is 9.36. The molecule has 116 valence electrons. The van der Waals surface area contributed by atoms with E-state index >= 15 is 0 Å². The van der Waals surface area contributed by atoms with Crippen LogP contribution in [-0.4, -0.2) is 65.9 Å². The van der Waals surface area contributed by atoms with Crippen molar-refractivity contribution < 1.29 is 18.4 Å². The number of amides is 1. The molecule has 0 aliphatic carbocycles. The molecule has 1 atom stereocenters. The zero-order chi connectivity index (χ0) is 15.6. The number of nitrogens with two attached hydrogens (primary N) is 1. The molecule has 1 heterocycles. The molecule has 0 aromatic carbocycles. The van der Waals surface area contributed by atoms with Crippen molar-refractivity contribution in [3.8, 4) is 0 Å². The van der Waals surface area contributed by atoms with Crippen LogP contribution in [0.25, 0.3) is 0 Å². The van der Waals surface area contributed by atoms with Crippen molar-refractivity contribution in [2.45, 2.75) is 29.8 Å². The third kappa shape index (κ3) is 3.38. The van der Waals surface area contributed by atoms with Gasteiger partial charge in [-0.25, -0.2) is 8.42 Å². The highest BCUT2D eigenvalue weighted by molar-refractivity contribution is 8.00. The lowest BCUT2D eigenvalue weighted by Gasteiger charge is -2.40. The van der Waals surface area contributed by atoms with Crippen LogP contribution in [-0.2, 0) is 14.6 Å². The molecular formula is C11H21N3O4S2. The van der Waals surface area contributed by atoms with E-state index in [1.165, 1.54) is 23.6 Å². The van der Waals surface area contributed by atoms with Crippen LogP contribution in [0, 0.1) is 0 Å². The van der Waals surface area contributed by atoms with Gasteiger partial charge in [0.25, 0.3) is 0 Å². The standard InChI is InChI=1S/C11H21N3O4S2/c1-8(20(3,17)18)9(15)14-6-4-11(19-2,5-7-14)10(12)13-16/h8,16H,4-7H2,1-3H3,(H2,12,13). The van der Waals surface area contributed by atoms with Crippen molar-refractivity contribution in [3.63, 3.8) is 0 Å². The molecule has 7 nitrogen and oxygen atoms in total. The van der Waals surface area contributed by atoms with Crippen LogP contribution in [0.1, 0.15) is 19.8 Å². The van der Waals surface area contributed by atoms with Crippen LogP contribution in [0.5, 0.6) is 0 Å². The van der Waals surface area contributed by atoms with E-state index in [2.05, 4.69) is 5.16 Å². The summed E-state index contributed by atoms with van der Waals surface area (Å²) in [6, 6.07) is 0. The summed E-state index contributed by atoms with van der Waals surface area (Å²) in [7, 11) is -3.39. The first-order chi connectivity index (χ1) is 9.18. The quantitative estimate of drug-likeness (QED) is 0.323. The SMILES string of the molecule is CSC1(C(N)=NO)CCN(C(=O)C(C)S(C)(=O)=O)CC1. The van der Waals surface area contributed by atoms with Gasteiger partial charge in [-0.15, -0.1) is 0 Å². The number of oxime groups is 1. The Morgan fingerprint density at radius 3 is 2.30 bits per heavy atom. The van der Waals surface area contributed by atoms with Crippen molar-refractivity contribution >= 4 is 33.3 Å². The summed E-state index contributed by atoms with van der Waals surface area (Å²) in [5, 5.41) is 10.9. The average Bonchev–Trinajstić information content (AvgIpc) is 2.43. The van der Waals surface area contributed by atoms with Crippen LogP contribution in [0.3, 0.4) is 0 Å². The zero-order valence-electron chi connectivity index (χ0n) is 11.9. The lowest BCUT2D eigenvalue weighted by molar-refractivity contribution is -0.131. The van der Waals surface area contributed by atoms with Gasteiger partial charge in [0.1, 0.15) is 5.25 Å². The Labute approximate surface area is 123 Å². The predicted molar refractivity (Wildman–Crippen MR) is 79.8 cm³/mol. The van der Waals surface area contributed by atoms with Crippen molar-refractivity contribution in [2.24, 2.45) is 10.9 Å². The molecule has 0 spiro atoms. The number of carbonyl (C=O) groups excluding carboxylic acids is 1. The van der Waals surface area contributed by atoms with Gasteiger partial charge in [-0.1, -0.05) is 5.16 Å². The highest BCUT2D eigenvalue weighted by atomic mass is 32.2. The topological polar surface area (TPSA) is 113 Å². The van der Waals surface area contributed by atoms with Gasteiger partial charge in [-0.2, -0.15) is 11.8 Å². The fraction of sp³-hybridized carbons (Fsp3) is 0.818. The number of likely N-dealkylation sites (tertiary alicyclic amines) is 1. The van der Waals surface area contributed by atoms with Gasteiger partial charge in [0, 0.05) is 19.3 Å². The summed E-state index contributed by atoms with van der Waals surface area (Å²) in [5.41, 5.74) is 5.72. The lowest BCUT2D eigenvalue weighted by Crippen LogP contribution is -2.53. The highest BCUT2D eigenvalue weighted by Crippen LogP contribution is 2.35. The Kier molecular flexibility index (Phi) is 5.31. The number of hydrogen-bond acceptors (Lipinski definition) is 6. The van der Waals surface area contributed by atoms with Gasteiger partial charge in [-0.3, -0.25) is 4.79 Å². The predicted octanol–water partition coefficient (Wildman–Crippen LogP) is -0.110. The fourth-order valence-electron chi connectivity index (χ4n) is 2.18. The molecular weight excluding hydrogens is 302 g/mol. The average molecular weight is 323 g/mol. The van der Waals surface area contributed by atoms with Crippen molar-refractivity contribution in [1.82, 2.24) is 4.90 Å². The minimum Gasteiger partial charge on any atom is -0.409 e. The van der Waals surface area contributed by atoms with Crippen molar-refractivity contribution in [2.75, 3.05) is 25.6 Å². The van der Waals surface area contributed by atoms with E-state index in [1.807, 2.05) is 6.26 Å². The molecule has 1 amide bonds. The number of thioether (sulfide) groups is 1. The smallest absolute Gasteiger partial charge is 0.240 e. The largest absolute Gasteiger partial charge is 0.409 e. The van der Waals surface area contributed by atoms with E-state index in [0.717, 1.165) is 6.26 Å². The summed E-state index contributed by atoms with van der Waals surface area (Å²) in [5.74, 6) is -0.241. The molecule has 1 aliphatic heterocycles. The van der Waals surface area contributed by atoms with E-state index in [4.69, 9.17) is 10.9 Å². The highest BCUT2D eigenvalue weighted by Gasteiger charge is 2.40. The van der Waals surface area contributed by atoms with Crippen molar-refractivity contribution in [1.29, 1.82) is 0 Å². The summed E-state index contributed by atoms with van der Waals surface area (Å²) in [6.45, 7) is 2.20. The van der Waals surface area contributed by atoms with Gasteiger partial charge in [0.15, 0.2) is 15.7 Å². The Morgan fingerprint density at radius 2 is 1.95 bits per heavy atom. The Hall–Kier alpha value is -0.960. The van der Waals surface area contributed by atoms with Crippen molar-refractivity contribution in [3.05, 3.63) is 0 Å². The Balaban J connectivity index is 2.78. The Morgan fingerprint density at radius 1 is 1.45 bits per heavy atom. The fourth-order valence-corrected chi connectivity index (χ4v) is 3.54. The molecule has 20 heavy (non-hydrogen) atoms. The Bertz CT molecular complexity index is 496. The third-order valence-corrected chi connectivity index (χ3v) is 6.72. The first kappa shape index (κ1) is 17.1. The molecule has 1 fully saturated rings. The number of piperidine rings is 1. The molecule has 1 aliphatic rings. The molecule has 9 heteroatoms. The first-order valence-electron chi connectivity index (χ1n) is 6.19. The third-order valence-electron chi connectivity index (χ3n) is 3.84. The van der Waals surface area contributed by atoms with Crippen LogP contribution in [0.4, 0.5) is 0 Å². The van der Waals surface area contributed by atoms with Gasteiger partial charge >= 0.3 is 0 Å². The maximum absolute atomic E-state index is 12.1. The second-order valence-corrected chi connectivity index (χ2v) is 8.54. The van der Waals surface area contributed by atoms with E-state index in [1.54, 1.807) is 0 Å². The minimum absolute atomic E-state index is 0.147. The lowest BCUT2D eigenvalue weighted by atomic mass is 9.94. The van der Waals surface area contributed by atoms with Crippen LogP contribution >= 0.6 is 11.8 Å². The number of amidine groups is 1. The van der Waals surface area contributed by atoms with Crippen LogP contribution < -0.4 is 5.73 Å². The number of sulfone groups is 1. The molecule has 0 aromatic rings. The number of carbonyl (C=O) groups is 1. The molecule has 0 aromatic heterocycles. The molecule has 3 N–H and O–H groups in total. The van der Waals surface area contributed by atoms with E-state index in [0.29, 0.717) is 25.9 Å². The molecule has 0 bridgehead atoms. The van der Waals surface area contributed by atoms with Gasteiger partial charge in [0.2, 0.25) is 5.91 Å². The summed E-state index contributed by atoms with van der Waals surface area (Å²) in [4.78, 5) is 13.6. The maximum atomic E-state index is 12.1. The number of nitrogens with zero attached hydrogens (tertiary/aromatic N) is 2. The van der Waals surface area contributed by atoms with E-state index in [9.17, 15) is 13.2 Å². The van der Waals surface area contributed by atoms with Gasteiger partial charge in [-0.05, 0) is 26.0 Å². The van der Waals surface area contributed by atoms with Crippen LogP contribution in [0.2, 0.25) is 0 Å². The summed E-state index contributed by atoms with van der Waals surface area (Å²) >= 11 is 1.48. The zero-order valence-corrected chi connectivity index (χ0v) is 13.5. The second kappa shape index (κ2) is 6.21. The molecule has 1 saturated heterocycles. The van der Waals surface area contributed by atoms with E-state index < -0.39 is 19.8 Å². The molecule has 1 rings (SSSR count). The van der Waals surface area contributed by atoms with E-state index in [-0.39, 0.29) is 11.7 Å². The second-order valence-electron chi connectivity index (χ2n) is 4.98. The number of rotatable bonds is 4. The van der Waals surface area contributed by atoms with Gasteiger partial charge < -0.3 is 15.8 Å². The molecule has 0 radical (unpaired) electrons. The normalized spacial score (nSPS) is 21.6. The molecule has 0 saturated carbocycles. The van der Waals surface area contributed by atoms with Gasteiger partial charge in [0.05, 0.1) is 4.75 Å². The number of hydrogen-bond donors (Lipinski definition) is 2. The maximum Gasteiger partial charge on any atom is 0.240 e. The van der Waals surface area contributed by atoms with Crippen LogP contribution in [0.15, 0.2) is 5.16 Å². The molecule has 1 unspecified atom stereocenters.